The van der Waals surface area contributed by atoms with Crippen LogP contribution in [-0.4, -0.2) is 34.9 Å². The number of nitrogens with zero attached hydrogens (tertiary/aromatic N) is 1. The summed E-state index contributed by atoms with van der Waals surface area (Å²) < 4.78 is 0. The van der Waals surface area contributed by atoms with Gasteiger partial charge in [0.15, 0.2) is 0 Å². The van der Waals surface area contributed by atoms with Crippen molar-refractivity contribution < 1.29 is 4.79 Å². The summed E-state index contributed by atoms with van der Waals surface area (Å²) in [6.07, 6.45) is 4.93. The van der Waals surface area contributed by atoms with E-state index in [1.165, 1.54) is 11.3 Å². The van der Waals surface area contributed by atoms with Gasteiger partial charge < -0.3 is 15.6 Å². The summed E-state index contributed by atoms with van der Waals surface area (Å²) in [5, 5.41) is 1.88. The monoisotopic (exact) mass is 331 g/mol. The Kier molecular flexibility index (Phi) is 3.82. The molecule has 2 heterocycles. The fourth-order valence-electron chi connectivity index (χ4n) is 4.11. The summed E-state index contributed by atoms with van der Waals surface area (Å²) in [6, 6.07) is 5.56. The van der Waals surface area contributed by atoms with Crippen molar-refractivity contribution in [3.8, 4) is 0 Å². The Bertz CT molecular complexity index is 748. The number of benzene rings is 1. The summed E-state index contributed by atoms with van der Waals surface area (Å²) >= 11 is 6.40. The molecule has 0 spiro atoms. The molecule has 2 aromatic rings. The lowest BCUT2D eigenvalue weighted by Gasteiger charge is -2.30. The first-order chi connectivity index (χ1) is 11.1. The van der Waals surface area contributed by atoms with Crippen molar-refractivity contribution in [2.75, 3.05) is 13.1 Å². The number of nitrogens with two attached hydrogens (primary N) is 1. The molecule has 1 unspecified atom stereocenters. The summed E-state index contributed by atoms with van der Waals surface area (Å²) in [7, 11) is 0. The zero-order valence-electron chi connectivity index (χ0n) is 13.1. The second-order valence-electron chi connectivity index (χ2n) is 6.81. The third-order valence-corrected chi connectivity index (χ3v) is 5.72. The van der Waals surface area contributed by atoms with Crippen molar-refractivity contribution in [1.29, 1.82) is 0 Å². The minimum Gasteiger partial charge on any atom is -0.358 e. The second-order valence-corrected chi connectivity index (χ2v) is 7.21. The van der Waals surface area contributed by atoms with Crippen molar-refractivity contribution in [3.63, 3.8) is 0 Å². The van der Waals surface area contributed by atoms with Gasteiger partial charge in [-0.3, -0.25) is 4.79 Å². The maximum Gasteiger partial charge on any atom is 0.239 e. The SMILES string of the molecule is N[C@H](C(=O)N1CCCC1)C1CCc2[nH]c3cccc(Cl)c3c2C1. The van der Waals surface area contributed by atoms with Crippen molar-refractivity contribution in [3.05, 3.63) is 34.5 Å². The number of carbonyl (C=O) groups excluding carboxylic acids is 1. The molecule has 1 aliphatic carbocycles. The van der Waals surface area contributed by atoms with Crippen LogP contribution in [0.4, 0.5) is 0 Å². The molecule has 3 N–H and O–H groups in total. The summed E-state index contributed by atoms with van der Waals surface area (Å²) in [5.41, 5.74) is 9.94. The first-order valence-corrected chi connectivity index (χ1v) is 8.85. The van der Waals surface area contributed by atoms with Crippen LogP contribution in [-0.2, 0) is 17.6 Å². The predicted molar refractivity (Wildman–Crippen MR) is 92.6 cm³/mol. The van der Waals surface area contributed by atoms with Crippen LogP contribution >= 0.6 is 11.6 Å². The van der Waals surface area contributed by atoms with Crippen molar-refractivity contribution in [2.24, 2.45) is 11.7 Å². The lowest BCUT2D eigenvalue weighted by molar-refractivity contribution is -0.132. The minimum absolute atomic E-state index is 0.127. The molecular formula is C18H22ClN3O. The molecule has 4 nitrogen and oxygen atoms in total. The van der Waals surface area contributed by atoms with Crippen LogP contribution in [0, 0.1) is 5.92 Å². The Morgan fingerprint density at radius 1 is 1.35 bits per heavy atom. The van der Waals surface area contributed by atoms with Crippen LogP contribution in [0.25, 0.3) is 10.9 Å². The highest BCUT2D eigenvalue weighted by Crippen LogP contribution is 2.36. The molecule has 1 aromatic heterocycles. The van der Waals surface area contributed by atoms with Crippen LogP contribution < -0.4 is 5.73 Å². The molecular weight excluding hydrogens is 310 g/mol. The number of aryl methyl sites for hydroxylation is 1. The molecule has 4 rings (SSSR count). The Labute approximate surface area is 141 Å². The number of aromatic amines is 1. The predicted octanol–water partition coefficient (Wildman–Crippen LogP) is 2.88. The summed E-state index contributed by atoms with van der Waals surface area (Å²) in [6.45, 7) is 1.73. The number of likely N-dealkylation sites (tertiary alicyclic amines) is 1. The molecule has 1 aliphatic heterocycles. The van der Waals surface area contributed by atoms with Crippen LogP contribution in [0.15, 0.2) is 18.2 Å². The van der Waals surface area contributed by atoms with Crippen LogP contribution in [0.3, 0.4) is 0 Å². The van der Waals surface area contributed by atoms with Gasteiger partial charge in [0.25, 0.3) is 0 Å². The molecule has 0 saturated carbocycles. The number of nitrogens with one attached hydrogen (secondary N) is 1. The first kappa shape index (κ1) is 15.0. The number of hydrogen-bond acceptors (Lipinski definition) is 2. The van der Waals surface area contributed by atoms with E-state index in [9.17, 15) is 4.79 Å². The highest BCUT2D eigenvalue weighted by molar-refractivity contribution is 6.35. The number of fused-ring (bicyclic) bond motifs is 3. The largest absolute Gasteiger partial charge is 0.358 e. The zero-order chi connectivity index (χ0) is 16.0. The average Bonchev–Trinajstić information content (AvgIpc) is 3.20. The van der Waals surface area contributed by atoms with Crippen LogP contribution in [0.5, 0.6) is 0 Å². The van der Waals surface area contributed by atoms with Crippen molar-refractivity contribution in [1.82, 2.24) is 9.88 Å². The number of hydrogen-bond donors (Lipinski definition) is 2. The molecule has 1 saturated heterocycles. The highest BCUT2D eigenvalue weighted by Gasteiger charge is 2.33. The van der Waals surface area contributed by atoms with Gasteiger partial charge >= 0.3 is 0 Å². The van der Waals surface area contributed by atoms with Gasteiger partial charge in [-0.1, -0.05) is 17.7 Å². The van der Waals surface area contributed by atoms with Gasteiger partial charge in [-0.25, -0.2) is 0 Å². The maximum absolute atomic E-state index is 12.6. The van der Waals surface area contributed by atoms with Gasteiger partial charge in [-0.05, 0) is 55.7 Å². The topological polar surface area (TPSA) is 62.1 Å². The average molecular weight is 332 g/mol. The van der Waals surface area contributed by atoms with Gasteiger partial charge in [-0.15, -0.1) is 0 Å². The molecule has 1 aromatic carbocycles. The fraction of sp³-hybridized carbons (Fsp3) is 0.500. The van der Waals surface area contributed by atoms with E-state index in [4.69, 9.17) is 17.3 Å². The van der Waals surface area contributed by atoms with Crippen molar-refractivity contribution >= 4 is 28.4 Å². The Hall–Kier alpha value is -1.52. The van der Waals surface area contributed by atoms with E-state index in [0.717, 1.165) is 61.1 Å². The number of H-pyrrole nitrogens is 1. The summed E-state index contributed by atoms with van der Waals surface area (Å²) in [5.74, 6) is 0.327. The third kappa shape index (κ3) is 2.54. The summed E-state index contributed by atoms with van der Waals surface area (Å²) in [4.78, 5) is 18.0. The molecule has 0 radical (unpaired) electrons. The van der Waals surface area contributed by atoms with Crippen molar-refractivity contribution in [2.45, 2.75) is 38.1 Å². The molecule has 122 valence electrons. The maximum atomic E-state index is 12.6. The van der Waals surface area contributed by atoms with Gasteiger partial charge in [0.1, 0.15) is 0 Å². The van der Waals surface area contributed by atoms with Gasteiger partial charge in [0, 0.05) is 29.7 Å². The lowest BCUT2D eigenvalue weighted by atomic mass is 9.81. The van der Waals surface area contributed by atoms with E-state index in [1.807, 2.05) is 17.0 Å². The smallest absolute Gasteiger partial charge is 0.239 e. The Morgan fingerprint density at radius 2 is 2.13 bits per heavy atom. The van der Waals surface area contributed by atoms with E-state index in [-0.39, 0.29) is 11.8 Å². The highest BCUT2D eigenvalue weighted by atomic mass is 35.5. The van der Waals surface area contributed by atoms with Crippen LogP contribution in [0.2, 0.25) is 5.02 Å². The van der Waals surface area contributed by atoms with Gasteiger partial charge in [-0.2, -0.15) is 0 Å². The first-order valence-electron chi connectivity index (χ1n) is 8.47. The van der Waals surface area contributed by atoms with E-state index >= 15 is 0 Å². The van der Waals surface area contributed by atoms with Crippen LogP contribution in [0.1, 0.15) is 30.5 Å². The minimum atomic E-state index is -0.395. The third-order valence-electron chi connectivity index (χ3n) is 5.41. The lowest BCUT2D eigenvalue weighted by Crippen LogP contribution is -2.48. The molecule has 2 aliphatic rings. The van der Waals surface area contributed by atoms with E-state index in [0.29, 0.717) is 0 Å². The van der Waals surface area contributed by atoms with Gasteiger partial charge in [0.2, 0.25) is 5.91 Å². The number of rotatable bonds is 2. The normalized spacial score (nSPS) is 22.3. The molecule has 2 atom stereocenters. The standard InChI is InChI=1S/C18H22ClN3O/c19-13-4-3-5-15-16(13)12-10-11(6-7-14(12)21-15)17(20)18(23)22-8-1-2-9-22/h3-5,11,17,21H,1-2,6-10,20H2/t11?,17-/m0/s1. The number of carbonyl (C=O) groups is 1. The van der Waals surface area contributed by atoms with Gasteiger partial charge in [0.05, 0.1) is 11.1 Å². The number of halogens is 1. The molecule has 1 fully saturated rings. The quantitative estimate of drug-likeness (QED) is 0.888. The molecule has 0 bridgehead atoms. The molecule has 5 heteroatoms. The Morgan fingerprint density at radius 3 is 2.91 bits per heavy atom. The second kappa shape index (κ2) is 5.84. The fourth-order valence-corrected chi connectivity index (χ4v) is 4.40. The number of aromatic nitrogens is 1. The molecule has 1 amide bonds. The number of amides is 1. The van der Waals surface area contributed by atoms with E-state index < -0.39 is 6.04 Å². The zero-order valence-corrected chi connectivity index (χ0v) is 13.9. The van der Waals surface area contributed by atoms with E-state index in [1.54, 1.807) is 0 Å². The molecule has 23 heavy (non-hydrogen) atoms. The van der Waals surface area contributed by atoms with E-state index in [2.05, 4.69) is 11.1 Å². The Balaban J connectivity index is 1.60.